The lowest BCUT2D eigenvalue weighted by Crippen LogP contribution is -2.06. The van der Waals surface area contributed by atoms with Crippen molar-refractivity contribution in [1.29, 1.82) is 0 Å². The molecule has 1 aromatic carbocycles. The molecule has 0 aliphatic carbocycles. The fourth-order valence-electron chi connectivity index (χ4n) is 0.856. The lowest BCUT2D eigenvalue weighted by molar-refractivity contribution is 0.0651. The second-order valence-corrected chi connectivity index (χ2v) is 2.16. The first-order chi connectivity index (χ1) is 5.63. The number of aromatic carboxylic acids is 2. The lowest BCUT2D eigenvalue weighted by Gasteiger charge is -1.98. The normalized spacial score (nSPS) is 9.33. The van der Waals surface area contributed by atoms with E-state index in [9.17, 15) is 9.59 Å². The highest BCUT2D eigenvalue weighted by atomic mass is 16.5. The van der Waals surface area contributed by atoms with E-state index >= 15 is 0 Å². The highest BCUT2D eigenvalue weighted by molar-refractivity contribution is 6.01. The van der Waals surface area contributed by atoms with E-state index in [-0.39, 0.29) is 11.1 Å². The molecule has 0 aliphatic heterocycles. The topological polar surface area (TPSA) is 74.6 Å². The molecule has 1 aromatic rings. The van der Waals surface area contributed by atoms with E-state index in [1.54, 1.807) is 0 Å². The van der Waals surface area contributed by atoms with Crippen LogP contribution in [0, 0.1) is 0 Å². The third-order valence-corrected chi connectivity index (χ3v) is 1.39. The van der Waals surface area contributed by atoms with Gasteiger partial charge in [0.1, 0.15) is 0 Å². The Labute approximate surface area is 68.1 Å². The van der Waals surface area contributed by atoms with Crippen molar-refractivity contribution >= 4 is 11.9 Å². The monoisotopic (exact) mass is 168 g/mol. The summed E-state index contributed by atoms with van der Waals surface area (Å²) in [5, 5.41) is 17.1. The van der Waals surface area contributed by atoms with Crippen molar-refractivity contribution in [1.82, 2.24) is 0 Å². The number of carboxylic acids is 2. The molecule has 2 N–H and O–H groups in total. The summed E-state index contributed by atoms with van der Waals surface area (Å²) in [5.41, 5.74) is -0.380. The summed E-state index contributed by atoms with van der Waals surface area (Å²) in [5.74, 6) is -2.46. The molecular weight excluding hydrogens is 162 g/mol. The Balaban J connectivity index is 3.27. The molecule has 0 amide bonds. The minimum atomic E-state index is -1.23. The van der Waals surface area contributed by atoms with Gasteiger partial charge in [-0.2, -0.15) is 0 Å². The number of carbonyl (C=O) groups is 2. The Morgan fingerprint density at radius 1 is 0.917 bits per heavy atom. The minimum absolute atomic E-state index is 0.190. The first kappa shape index (κ1) is 8.26. The average Bonchev–Trinajstić information content (AvgIpc) is 2.04. The quantitative estimate of drug-likeness (QED) is 0.648. The summed E-state index contributed by atoms with van der Waals surface area (Å²) in [6.07, 6.45) is 0. The Kier molecular flexibility index (Phi) is 2.09. The summed E-state index contributed by atoms with van der Waals surface area (Å²) in [4.78, 5) is 20.9. The van der Waals surface area contributed by atoms with Gasteiger partial charge in [-0.05, 0) is 12.1 Å². The Morgan fingerprint density at radius 3 is 1.50 bits per heavy atom. The highest BCUT2D eigenvalue weighted by Crippen LogP contribution is 2.07. The van der Waals surface area contributed by atoms with Gasteiger partial charge in [-0.25, -0.2) is 9.59 Å². The third-order valence-electron chi connectivity index (χ3n) is 1.39. The fraction of sp³-hybridized carbons (Fsp3) is 0. The molecule has 0 aliphatic rings. The second-order valence-electron chi connectivity index (χ2n) is 2.16. The molecule has 0 saturated carbocycles. The summed E-state index contributed by atoms with van der Waals surface area (Å²) >= 11 is 0. The molecule has 0 bridgehead atoms. The lowest BCUT2D eigenvalue weighted by atomic mass is 10.2. The van der Waals surface area contributed by atoms with Crippen LogP contribution < -0.4 is 0 Å². The predicted octanol–water partition coefficient (Wildman–Crippen LogP) is 1.08. The fourth-order valence-corrected chi connectivity index (χ4v) is 0.856. The van der Waals surface area contributed by atoms with Crippen molar-refractivity contribution in [2.75, 3.05) is 0 Å². The molecule has 62 valence electrons. The van der Waals surface area contributed by atoms with Crippen molar-refractivity contribution in [3.63, 3.8) is 0 Å². The SMILES string of the molecule is O=[13C](O)c1ccccc1[13C](=O)O. The Morgan fingerprint density at radius 2 is 1.25 bits per heavy atom. The van der Waals surface area contributed by atoms with Crippen LogP contribution >= 0.6 is 0 Å². The molecule has 0 fully saturated rings. The van der Waals surface area contributed by atoms with E-state index in [4.69, 9.17) is 10.2 Å². The number of hydrogen-bond donors (Lipinski definition) is 2. The molecule has 12 heavy (non-hydrogen) atoms. The third kappa shape index (κ3) is 1.42. The van der Waals surface area contributed by atoms with Crippen LogP contribution in [0.3, 0.4) is 0 Å². The first-order valence-corrected chi connectivity index (χ1v) is 3.18. The standard InChI is InChI=1S/C8H6O4/c9-7(10)5-3-1-2-4-6(5)8(11)12/h1-4H,(H,9,10)(H,11,12)/i7+1,8+1. The van der Waals surface area contributed by atoms with Gasteiger partial charge in [-0.1, -0.05) is 12.1 Å². The van der Waals surface area contributed by atoms with Gasteiger partial charge in [-0.3, -0.25) is 0 Å². The van der Waals surface area contributed by atoms with Crippen LogP contribution in [-0.4, -0.2) is 22.2 Å². The Hall–Kier alpha value is -1.84. The van der Waals surface area contributed by atoms with E-state index < -0.39 is 11.9 Å². The Bertz CT molecular complexity index is 297. The average molecular weight is 168 g/mol. The van der Waals surface area contributed by atoms with Gasteiger partial charge in [0, 0.05) is 0 Å². The van der Waals surface area contributed by atoms with Gasteiger partial charge in [0.2, 0.25) is 0 Å². The van der Waals surface area contributed by atoms with E-state index in [0.717, 1.165) is 0 Å². The van der Waals surface area contributed by atoms with Crippen LogP contribution in [0.1, 0.15) is 20.7 Å². The molecule has 1 rings (SSSR count). The van der Waals surface area contributed by atoms with Crippen LogP contribution in [0.25, 0.3) is 0 Å². The van der Waals surface area contributed by atoms with E-state index in [1.807, 2.05) is 0 Å². The van der Waals surface area contributed by atoms with Crippen LogP contribution in [0.5, 0.6) is 0 Å². The smallest absolute Gasteiger partial charge is 0.336 e. The van der Waals surface area contributed by atoms with Crippen molar-refractivity contribution < 1.29 is 19.8 Å². The van der Waals surface area contributed by atoms with Gasteiger partial charge in [0.15, 0.2) is 0 Å². The molecule has 0 aromatic heterocycles. The van der Waals surface area contributed by atoms with Crippen LogP contribution in [0.2, 0.25) is 0 Å². The van der Waals surface area contributed by atoms with Gasteiger partial charge < -0.3 is 10.2 Å². The molecule has 0 atom stereocenters. The van der Waals surface area contributed by atoms with E-state index in [1.165, 1.54) is 24.3 Å². The van der Waals surface area contributed by atoms with Crippen LogP contribution in [-0.2, 0) is 0 Å². The van der Waals surface area contributed by atoms with Gasteiger partial charge >= 0.3 is 11.9 Å². The zero-order valence-electron chi connectivity index (χ0n) is 6.02. The summed E-state index contributed by atoms with van der Waals surface area (Å²) in [7, 11) is 0. The van der Waals surface area contributed by atoms with Crippen molar-refractivity contribution in [2.45, 2.75) is 0 Å². The maximum absolute atomic E-state index is 10.5. The van der Waals surface area contributed by atoms with Crippen molar-refractivity contribution in [2.24, 2.45) is 0 Å². The van der Waals surface area contributed by atoms with Crippen LogP contribution in [0.4, 0.5) is 0 Å². The minimum Gasteiger partial charge on any atom is -0.478 e. The number of benzene rings is 1. The largest absolute Gasteiger partial charge is 0.478 e. The van der Waals surface area contributed by atoms with Gasteiger partial charge in [0.25, 0.3) is 0 Å². The van der Waals surface area contributed by atoms with Gasteiger partial charge in [0.05, 0.1) is 11.1 Å². The first-order valence-electron chi connectivity index (χ1n) is 3.18. The van der Waals surface area contributed by atoms with Gasteiger partial charge in [-0.15, -0.1) is 0 Å². The van der Waals surface area contributed by atoms with Crippen molar-refractivity contribution in [3.05, 3.63) is 35.4 Å². The van der Waals surface area contributed by atoms with Crippen molar-refractivity contribution in [3.8, 4) is 0 Å². The second kappa shape index (κ2) is 3.04. The zero-order valence-corrected chi connectivity index (χ0v) is 6.02. The van der Waals surface area contributed by atoms with E-state index in [0.29, 0.717) is 0 Å². The van der Waals surface area contributed by atoms with Crippen LogP contribution in [0.15, 0.2) is 24.3 Å². The molecule has 0 heterocycles. The summed E-state index contributed by atoms with van der Waals surface area (Å²) in [6.45, 7) is 0. The zero-order chi connectivity index (χ0) is 9.14. The number of hydrogen-bond acceptors (Lipinski definition) is 2. The maximum Gasteiger partial charge on any atom is 0.336 e. The predicted molar refractivity (Wildman–Crippen MR) is 40.4 cm³/mol. The summed E-state index contributed by atoms with van der Waals surface area (Å²) < 4.78 is 0. The summed E-state index contributed by atoms with van der Waals surface area (Å²) in [6, 6.07) is 5.48. The maximum atomic E-state index is 10.5. The molecule has 0 saturated heterocycles. The molecule has 4 heteroatoms. The highest BCUT2D eigenvalue weighted by Gasteiger charge is 2.13. The molecule has 0 unspecified atom stereocenters. The molecule has 0 spiro atoms. The number of rotatable bonds is 2. The molecule has 0 radical (unpaired) electrons. The number of carboxylic acid groups (broad SMARTS) is 2. The van der Waals surface area contributed by atoms with E-state index in [2.05, 4.69) is 0 Å². The molecular formula is C8H6O4. The molecule has 4 nitrogen and oxygen atoms in total.